The van der Waals surface area contributed by atoms with Crippen molar-refractivity contribution in [2.24, 2.45) is 0 Å². The first-order chi connectivity index (χ1) is 9.10. The van der Waals surface area contributed by atoms with Crippen LogP contribution in [0.15, 0.2) is 41.0 Å². The molecule has 0 radical (unpaired) electrons. The molecule has 19 heavy (non-hydrogen) atoms. The first kappa shape index (κ1) is 13.5. The zero-order valence-corrected chi connectivity index (χ0v) is 12.1. The summed E-state index contributed by atoms with van der Waals surface area (Å²) in [6.07, 6.45) is 2.35. The number of aromatic nitrogens is 1. The number of amides is 1. The molecule has 0 aliphatic heterocycles. The van der Waals surface area contributed by atoms with E-state index in [-0.39, 0.29) is 5.91 Å². The highest BCUT2D eigenvalue weighted by molar-refractivity contribution is 9.10. The molecule has 0 saturated heterocycles. The molecule has 5 heteroatoms. The predicted molar refractivity (Wildman–Crippen MR) is 80.1 cm³/mol. The Morgan fingerprint density at radius 3 is 2.84 bits per heavy atom. The van der Waals surface area contributed by atoms with Crippen molar-refractivity contribution in [3.8, 4) is 0 Å². The SMILES string of the molecule is CCc1cc(Br)ccc1NC(=O)c1cc(N)ccn1. The highest BCUT2D eigenvalue weighted by Crippen LogP contribution is 2.22. The van der Waals surface area contributed by atoms with Gasteiger partial charge in [-0.15, -0.1) is 0 Å². The van der Waals surface area contributed by atoms with Crippen molar-refractivity contribution in [3.05, 3.63) is 52.3 Å². The van der Waals surface area contributed by atoms with E-state index in [1.807, 2.05) is 25.1 Å². The van der Waals surface area contributed by atoms with Gasteiger partial charge in [0.2, 0.25) is 0 Å². The molecule has 0 spiro atoms. The van der Waals surface area contributed by atoms with Crippen LogP contribution in [0.3, 0.4) is 0 Å². The van der Waals surface area contributed by atoms with Crippen LogP contribution >= 0.6 is 15.9 Å². The highest BCUT2D eigenvalue weighted by atomic mass is 79.9. The third kappa shape index (κ3) is 3.32. The number of carbonyl (C=O) groups is 1. The van der Waals surface area contributed by atoms with Crippen LogP contribution in [0.4, 0.5) is 11.4 Å². The smallest absolute Gasteiger partial charge is 0.274 e. The third-order valence-corrected chi connectivity index (χ3v) is 3.21. The van der Waals surface area contributed by atoms with Crippen LogP contribution < -0.4 is 11.1 Å². The maximum absolute atomic E-state index is 12.1. The molecular weight excluding hydrogens is 306 g/mol. The molecule has 98 valence electrons. The Balaban J connectivity index is 2.24. The number of nitrogens with one attached hydrogen (secondary N) is 1. The fourth-order valence-electron chi connectivity index (χ4n) is 1.73. The number of rotatable bonds is 3. The van der Waals surface area contributed by atoms with Gasteiger partial charge in [-0.3, -0.25) is 9.78 Å². The first-order valence-electron chi connectivity index (χ1n) is 5.91. The second-order valence-corrected chi connectivity index (χ2v) is 5.00. The fourth-order valence-corrected chi connectivity index (χ4v) is 2.14. The summed E-state index contributed by atoms with van der Waals surface area (Å²) in [5, 5.41) is 2.85. The zero-order chi connectivity index (χ0) is 13.8. The average molecular weight is 320 g/mol. The Labute approximate surface area is 120 Å². The quantitative estimate of drug-likeness (QED) is 0.912. The molecule has 0 fully saturated rings. The van der Waals surface area contributed by atoms with Gasteiger partial charge < -0.3 is 11.1 Å². The van der Waals surface area contributed by atoms with Crippen molar-refractivity contribution in [2.75, 3.05) is 11.1 Å². The summed E-state index contributed by atoms with van der Waals surface area (Å²) in [5.41, 5.74) is 8.32. The monoisotopic (exact) mass is 319 g/mol. The number of nitrogen functional groups attached to an aromatic ring is 1. The van der Waals surface area contributed by atoms with E-state index in [4.69, 9.17) is 5.73 Å². The summed E-state index contributed by atoms with van der Waals surface area (Å²) in [4.78, 5) is 16.1. The van der Waals surface area contributed by atoms with Crippen LogP contribution in [-0.2, 0) is 6.42 Å². The Kier molecular flexibility index (Phi) is 4.16. The van der Waals surface area contributed by atoms with Crippen molar-refractivity contribution < 1.29 is 4.79 Å². The van der Waals surface area contributed by atoms with Crippen LogP contribution in [0.5, 0.6) is 0 Å². The number of hydrogen-bond donors (Lipinski definition) is 2. The van der Waals surface area contributed by atoms with Crippen molar-refractivity contribution in [2.45, 2.75) is 13.3 Å². The molecule has 0 atom stereocenters. The lowest BCUT2D eigenvalue weighted by Crippen LogP contribution is -2.15. The maximum Gasteiger partial charge on any atom is 0.274 e. The maximum atomic E-state index is 12.1. The Morgan fingerprint density at radius 1 is 1.37 bits per heavy atom. The van der Waals surface area contributed by atoms with Crippen molar-refractivity contribution in [3.63, 3.8) is 0 Å². The van der Waals surface area contributed by atoms with E-state index in [2.05, 4.69) is 26.2 Å². The summed E-state index contributed by atoms with van der Waals surface area (Å²) in [7, 11) is 0. The molecule has 0 saturated carbocycles. The van der Waals surface area contributed by atoms with Gasteiger partial charge >= 0.3 is 0 Å². The largest absolute Gasteiger partial charge is 0.399 e. The first-order valence-corrected chi connectivity index (χ1v) is 6.70. The molecule has 4 nitrogen and oxygen atoms in total. The van der Waals surface area contributed by atoms with E-state index in [0.717, 1.165) is 22.1 Å². The summed E-state index contributed by atoms with van der Waals surface area (Å²) in [6, 6.07) is 8.95. The van der Waals surface area contributed by atoms with Crippen molar-refractivity contribution in [1.29, 1.82) is 0 Å². The molecule has 0 bridgehead atoms. The minimum absolute atomic E-state index is 0.260. The third-order valence-electron chi connectivity index (χ3n) is 2.71. The van der Waals surface area contributed by atoms with Crippen molar-refractivity contribution >= 4 is 33.2 Å². The van der Waals surface area contributed by atoms with Crippen LogP contribution in [-0.4, -0.2) is 10.9 Å². The van der Waals surface area contributed by atoms with E-state index in [9.17, 15) is 4.79 Å². The minimum Gasteiger partial charge on any atom is -0.399 e. The number of hydrogen-bond acceptors (Lipinski definition) is 3. The van der Waals surface area contributed by atoms with Gasteiger partial charge in [0.25, 0.3) is 5.91 Å². The standard InChI is InChI=1S/C14H14BrN3O/c1-2-9-7-10(15)3-4-12(9)18-14(19)13-8-11(16)5-6-17-13/h3-8H,2H2,1H3,(H2,16,17)(H,18,19). The molecule has 2 aromatic rings. The van der Waals surface area contributed by atoms with Gasteiger partial charge in [0, 0.05) is 22.0 Å². The lowest BCUT2D eigenvalue weighted by atomic mass is 10.1. The van der Waals surface area contributed by atoms with E-state index in [0.29, 0.717) is 11.4 Å². The number of aryl methyl sites for hydroxylation is 1. The van der Waals surface area contributed by atoms with E-state index in [1.54, 1.807) is 12.1 Å². The number of nitrogens with two attached hydrogens (primary N) is 1. The lowest BCUT2D eigenvalue weighted by Gasteiger charge is -2.10. The van der Waals surface area contributed by atoms with Crippen LogP contribution in [0, 0.1) is 0 Å². The number of benzene rings is 1. The molecule has 1 heterocycles. The average Bonchev–Trinajstić information content (AvgIpc) is 2.40. The van der Waals surface area contributed by atoms with Gasteiger partial charge in [-0.25, -0.2) is 0 Å². The molecular formula is C14H14BrN3O. The molecule has 3 N–H and O–H groups in total. The van der Waals surface area contributed by atoms with Gasteiger partial charge in [0.05, 0.1) is 0 Å². The van der Waals surface area contributed by atoms with E-state index < -0.39 is 0 Å². The summed E-state index contributed by atoms with van der Waals surface area (Å²) in [5.74, 6) is -0.260. The van der Waals surface area contributed by atoms with Crippen LogP contribution in [0.2, 0.25) is 0 Å². The zero-order valence-electron chi connectivity index (χ0n) is 10.5. The van der Waals surface area contributed by atoms with Crippen molar-refractivity contribution in [1.82, 2.24) is 4.98 Å². The normalized spacial score (nSPS) is 10.2. The highest BCUT2D eigenvalue weighted by Gasteiger charge is 2.10. The Hall–Kier alpha value is -1.88. The van der Waals surface area contributed by atoms with E-state index >= 15 is 0 Å². The molecule has 1 aromatic carbocycles. The number of halogens is 1. The molecule has 0 aliphatic rings. The second-order valence-electron chi connectivity index (χ2n) is 4.08. The van der Waals surface area contributed by atoms with Crippen LogP contribution in [0.25, 0.3) is 0 Å². The molecule has 0 unspecified atom stereocenters. The van der Waals surface area contributed by atoms with Gasteiger partial charge in [-0.05, 0) is 42.3 Å². The van der Waals surface area contributed by atoms with Gasteiger partial charge in [0.15, 0.2) is 0 Å². The number of pyridine rings is 1. The van der Waals surface area contributed by atoms with Crippen LogP contribution in [0.1, 0.15) is 23.0 Å². The fraction of sp³-hybridized carbons (Fsp3) is 0.143. The van der Waals surface area contributed by atoms with E-state index in [1.165, 1.54) is 6.20 Å². The minimum atomic E-state index is -0.260. The lowest BCUT2D eigenvalue weighted by molar-refractivity contribution is 0.102. The number of carbonyl (C=O) groups excluding carboxylic acids is 1. The summed E-state index contributed by atoms with van der Waals surface area (Å²) >= 11 is 3.42. The van der Waals surface area contributed by atoms with Gasteiger partial charge in [-0.1, -0.05) is 22.9 Å². The molecule has 1 aromatic heterocycles. The Bertz CT molecular complexity index is 613. The van der Waals surface area contributed by atoms with Gasteiger partial charge in [-0.2, -0.15) is 0 Å². The second kappa shape index (κ2) is 5.84. The molecule has 2 rings (SSSR count). The van der Waals surface area contributed by atoms with Gasteiger partial charge in [0.1, 0.15) is 5.69 Å². The predicted octanol–water partition coefficient (Wildman–Crippen LogP) is 3.24. The molecule has 1 amide bonds. The topological polar surface area (TPSA) is 68.0 Å². The summed E-state index contributed by atoms with van der Waals surface area (Å²) in [6.45, 7) is 2.04. The summed E-state index contributed by atoms with van der Waals surface area (Å²) < 4.78 is 0.990. The Morgan fingerprint density at radius 2 is 2.16 bits per heavy atom. The number of anilines is 2. The molecule has 0 aliphatic carbocycles. The number of nitrogens with zero attached hydrogens (tertiary/aromatic N) is 1.